The van der Waals surface area contributed by atoms with Gasteiger partial charge in [0, 0.05) is 11.3 Å². The van der Waals surface area contributed by atoms with Crippen LogP contribution in [0, 0.1) is 0 Å². The van der Waals surface area contributed by atoms with Crippen LogP contribution in [0.1, 0.15) is 29.8 Å². The average molecular weight is 374 g/mol. The highest BCUT2D eigenvalue weighted by molar-refractivity contribution is 6.00. The molecule has 0 spiro atoms. The largest absolute Gasteiger partial charge is 0.344 e. The van der Waals surface area contributed by atoms with Crippen LogP contribution in [0.2, 0.25) is 0 Å². The second kappa shape index (κ2) is 8.48. The van der Waals surface area contributed by atoms with Gasteiger partial charge in [-0.25, -0.2) is 0 Å². The van der Waals surface area contributed by atoms with Gasteiger partial charge in [-0.05, 0) is 42.3 Å². The van der Waals surface area contributed by atoms with Crippen molar-refractivity contribution in [3.8, 4) is 0 Å². The Morgan fingerprint density at radius 1 is 0.929 bits per heavy atom. The number of hydrogen-bond donors (Lipinski definition) is 2. The average Bonchev–Trinajstić information content (AvgIpc) is 2.68. The van der Waals surface area contributed by atoms with Crippen molar-refractivity contribution in [1.29, 1.82) is 0 Å². The molecular weight excluding hydrogens is 352 g/mol. The van der Waals surface area contributed by atoms with Crippen molar-refractivity contribution < 1.29 is 14.4 Å². The van der Waals surface area contributed by atoms with Crippen molar-refractivity contribution in [1.82, 2.24) is 5.32 Å². The summed E-state index contributed by atoms with van der Waals surface area (Å²) in [6.07, 6.45) is 0.193. The molecule has 0 saturated heterocycles. The predicted molar refractivity (Wildman–Crippen MR) is 110 cm³/mol. The zero-order valence-corrected chi connectivity index (χ0v) is 15.9. The number of carbonyl (C=O) groups is 3. The van der Waals surface area contributed by atoms with Crippen LogP contribution >= 0.6 is 0 Å². The number of nitrogens with one attached hydrogen (secondary N) is 2. The van der Waals surface area contributed by atoms with Gasteiger partial charge >= 0.3 is 0 Å². The lowest BCUT2D eigenvalue weighted by Crippen LogP contribution is -2.42. The van der Waals surface area contributed by atoms with E-state index < -0.39 is 6.04 Å². The van der Waals surface area contributed by atoms with Crippen molar-refractivity contribution in [2.45, 2.75) is 26.3 Å². The normalized spacial score (nSPS) is 11.6. The number of rotatable bonds is 6. The molecule has 0 saturated carbocycles. The van der Waals surface area contributed by atoms with Gasteiger partial charge in [-0.1, -0.05) is 54.6 Å². The van der Waals surface area contributed by atoms with Gasteiger partial charge in [0.05, 0.1) is 6.42 Å². The second-order valence-corrected chi connectivity index (χ2v) is 6.73. The van der Waals surface area contributed by atoms with Crippen LogP contribution in [-0.4, -0.2) is 23.6 Å². The van der Waals surface area contributed by atoms with E-state index in [2.05, 4.69) is 10.6 Å². The Labute approximate surface area is 163 Å². The number of hydrogen-bond acceptors (Lipinski definition) is 3. The first-order chi connectivity index (χ1) is 13.4. The molecule has 5 heteroatoms. The maximum absolute atomic E-state index is 12.4. The lowest BCUT2D eigenvalue weighted by molar-refractivity contribution is -0.125. The molecule has 0 heterocycles. The zero-order chi connectivity index (χ0) is 20.1. The van der Waals surface area contributed by atoms with Crippen LogP contribution < -0.4 is 10.6 Å². The number of anilines is 1. The summed E-state index contributed by atoms with van der Waals surface area (Å²) in [6.45, 7) is 3.10. The van der Waals surface area contributed by atoms with E-state index in [0.717, 1.165) is 16.3 Å². The van der Waals surface area contributed by atoms with E-state index in [9.17, 15) is 14.4 Å². The fourth-order valence-electron chi connectivity index (χ4n) is 3.04. The smallest absolute Gasteiger partial charge is 0.246 e. The number of Topliss-reactive ketones (excluding diaryl/α,β-unsaturated/α-hetero) is 1. The van der Waals surface area contributed by atoms with Gasteiger partial charge in [-0.15, -0.1) is 0 Å². The summed E-state index contributed by atoms with van der Waals surface area (Å²) in [5.41, 5.74) is 1.95. The predicted octanol–water partition coefficient (Wildman–Crippen LogP) is 3.73. The summed E-state index contributed by atoms with van der Waals surface area (Å²) >= 11 is 0. The first-order valence-electron chi connectivity index (χ1n) is 9.12. The first-order valence-corrected chi connectivity index (χ1v) is 9.12. The molecule has 3 aromatic rings. The number of benzene rings is 3. The standard InChI is InChI=1S/C23H22N2O3/c1-15(23(28)25-20-11-6-9-18(13-20)16(2)26)24-22(27)14-19-10-5-8-17-7-3-4-12-21(17)19/h3-13,15H,14H2,1-2H3,(H,24,27)(H,25,28)/t15-/m0/s1. The van der Waals surface area contributed by atoms with Crippen molar-refractivity contribution in [2.75, 3.05) is 5.32 Å². The summed E-state index contributed by atoms with van der Waals surface area (Å²) in [4.78, 5) is 36.3. The molecule has 0 aliphatic carbocycles. The maximum Gasteiger partial charge on any atom is 0.246 e. The summed E-state index contributed by atoms with van der Waals surface area (Å²) < 4.78 is 0. The van der Waals surface area contributed by atoms with Gasteiger partial charge in [0.15, 0.2) is 5.78 Å². The lowest BCUT2D eigenvalue weighted by atomic mass is 10.0. The van der Waals surface area contributed by atoms with Crippen LogP contribution in [0.4, 0.5) is 5.69 Å². The number of carbonyl (C=O) groups excluding carboxylic acids is 3. The van der Waals surface area contributed by atoms with E-state index in [1.54, 1.807) is 31.2 Å². The Kier molecular flexibility index (Phi) is 5.84. The highest BCUT2D eigenvalue weighted by Gasteiger charge is 2.17. The van der Waals surface area contributed by atoms with Crippen molar-refractivity contribution >= 4 is 34.1 Å². The van der Waals surface area contributed by atoms with Crippen LogP contribution in [-0.2, 0) is 16.0 Å². The topological polar surface area (TPSA) is 75.3 Å². The van der Waals surface area contributed by atoms with Gasteiger partial charge in [0.2, 0.25) is 11.8 Å². The van der Waals surface area contributed by atoms with Gasteiger partial charge < -0.3 is 10.6 Å². The molecule has 0 unspecified atom stereocenters. The molecule has 142 valence electrons. The number of ketones is 1. The van der Waals surface area contributed by atoms with E-state index in [1.165, 1.54) is 6.92 Å². The molecule has 28 heavy (non-hydrogen) atoms. The highest BCUT2D eigenvalue weighted by atomic mass is 16.2. The molecule has 1 atom stereocenters. The molecule has 5 nitrogen and oxygen atoms in total. The van der Waals surface area contributed by atoms with Gasteiger partial charge in [0.25, 0.3) is 0 Å². The summed E-state index contributed by atoms with van der Waals surface area (Å²) in [7, 11) is 0. The van der Waals surface area contributed by atoms with E-state index in [-0.39, 0.29) is 24.0 Å². The minimum Gasteiger partial charge on any atom is -0.344 e. The van der Waals surface area contributed by atoms with Crippen LogP contribution in [0.3, 0.4) is 0 Å². The molecule has 0 bridgehead atoms. The third-order valence-corrected chi connectivity index (χ3v) is 4.54. The molecule has 2 amide bonds. The van der Waals surface area contributed by atoms with E-state index in [0.29, 0.717) is 11.3 Å². The van der Waals surface area contributed by atoms with Crippen LogP contribution in [0.5, 0.6) is 0 Å². The third-order valence-electron chi connectivity index (χ3n) is 4.54. The molecular formula is C23H22N2O3. The Morgan fingerprint density at radius 2 is 1.64 bits per heavy atom. The number of amides is 2. The minimum absolute atomic E-state index is 0.0764. The monoisotopic (exact) mass is 374 g/mol. The zero-order valence-electron chi connectivity index (χ0n) is 15.9. The van der Waals surface area contributed by atoms with Gasteiger partial charge in [0.1, 0.15) is 6.04 Å². The summed E-state index contributed by atoms with van der Waals surface area (Å²) in [6, 6.07) is 19.7. The lowest BCUT2D eigenvalue weighted by Gasteiger charge is -2.15. The van der Waals surface area contributed by atoms with E-state index in [4.69, 9.17) is 0 Å². The molecule has 0 aliphatic rings. The molecule has 0 aliphatic heterocycles. The minimum atomic E-state index is -0.705. The third kappa shape index (κ3) is 4.62. The maximum atomic E-state index is 12.4. The summed E-state index contributed by atoms with van der Waals surface area (Å²) in [5.74, 6) is -0.643. The second-order valence-electron chi connectivity index (χ2n) is 6.73. The molecule has 3 rings (SSSR count). The summed E-state index contributed by atoms with van der Waals surface area (Å²) in [5, 5.41) is 7.56. The quantitative estimate of drug-likeness (QED) is 0.646. The molecule has 3 aromatic carbocycles. The number of fused-ring (bicyclic) bond motifs is 1. The highest BCUT2D eigenvalue weighted by Crippen LogP contribution is 2.19. The van der Waals surface area contributed by atoms with Crippen molar-refractivity contribution in [3.05, 3.63) is 77.9 Å². The Hall–Kier alpha value is -3.47. The Morgan fingerprint density at radius 3 is 2.43 bits per heavy atom. The fourth-order valence-corrected chi connectivity index (χ4v) is 3.04. The Balaban J connectivity index is 1.63. The van der Waals surface area contributed by atoms with Gasteiger partial charge in [-0.2, -0.15) is 0 Å². The molecule has 0 radical (unpaired) electrons. The van der Waals surface area contributed by atoms with Crippen LogP contribution in [0.15, 0.2) is 66.7 Å². The van der Waals surface area contributed by atoms with E-state index in [1.807, 2.05) is 42.5 Å². The molecule has 2 N–H and O–H groups in total. The van der Waals surface area contributed by atoms with Crippen LogP contribution in [0.25, 0.3) is 10.8 Å². The molecule has 0 fully saturated rings. The fraction of sp³-hybridized carbons (Fsp3) is 0.174. The van der Waals surface area contributed by atoms with Crippen molar-refractivity contribution in [3.63, 3.8) is 0 Å². The van der Waals surface area contributed by atoms with E-state index >= 15 is 0 Å². The van der Waals surface area contributed by atoms with Gasteiger partial charge in [-0.3, -0.25) is 14.4 Å². The SMILES string of the molecule is CC(=O)c1cccc(NC(=O)[C@H](C)NC(=O)Cc2cccc3ccccc23)c1. The Bertz CT molecular complexity index is 1040. The van der Waals surface area contributed by atoms with Crippen molar-refractivity contribution in [2.24, 2.45) is 0 Å². The first kappa shape index (κ1) is 19.3. The molecule has 0 aromatic heterocycles.